The lowest BCUT2D eigenvalue weighted by Gasteiger charge is -2.19. The van der Waals surface area contributed by atoms with Crippen molar-refractivity contribution in [1.29, 1.82) is 0 Å². The van der Waals surface area contributed by atoms with Gasteiger partial charge in [-0.3, -0.25) is 0 Å². The number of carboxylic acid groups (broad SMARTS) is 1. The summed E-state index contributed by atoms with van der Waals surface area (Å²) in [7, 11) is 0. The molecule has 1 atom stereocenters. The number of hydrogen-bond acceptors (Lipinski definition) is 3. The van der Waals surface area contributed by atoms with E-state index in [0.29, 0.717) is 5.92 Å². The molecule has 94 valence electrons. The maximum absolute atomic E-state index is 10.7. The van der Waals surface area contributed by atoms with Crippen LogP contribution in [-0.2, 0) is 4.79 Å². The third-order valence-electron chi connectivity index (χ3n) is 2.67. The number of carboxylic acids is 1. The number of hydrogen-bond donors (Lipinski definition) is 3. The number of aliphatic carboxylic acids is 1. The molecule has 0 spiro atoms. The van der Waals surface area contributed by atoms with Crippen LogP contribution in [0.15, 0.2) is 24.3 Å². The molecule has 0 aromatic heterocycles. The van der Waals surface area contributed by atoms with Gasteiger partial charge in [0.25, 0.3) is 0 Å². The minimum atomic E-state index is -1.75. The Bertz CT molecular complexity index is 382. The number of anilines is 1. The van der Waals surface area contributed by atoms with E-state index in [1.54, 1.807) is 0 Å². The highest BCUT2D eigenvalue weighted by atomic mass is 16.4. The molecule has 0 aliphatic heterocycles. The normalized spacial score (nSPS) is 14.4. The molecule has 0 bridgehead atoms. The molecule has 0 aliphatic rings. The molecule has 0 saturated carbocycles. The van der Waals surface area contributed by atoms with Crippen molar-refractivity contribution in [3.05, 3.63) is 29.8 Å². The lowest BCUT2D eigenvalue weighted by Crippen LogP contribution is -2.41. The van der Waals surface area contributed by atoms with Crippen molar-refractivity contribution in [2.24, 2.45) is 0 Å². The maximum atomic E-state index is 10.7. The van der Waals surface area contributed by atoms with E-state index < -0.39 is 11.6 Å². The summed E-state index contributed by atoms with van der Waals surface area (Å²) in [4.78, 5) is 10.7. The van der Waals surface area contributed by atoms with Crippen molar-refractivity contribution in [3.8, 4) is 0 Å². The summed E-state index contributed by atoms with van der Waals surface area (Å²) in [5.41, 5.74) is 0.271. The molecule has 0 heterocycles. The molecule has 1 unspecified atom stereocenters. The molecule has 0 aliphatic carbocycles. The Hall–Kier alpha value is -1.55. The van der Waals surface area contributed by atoms with Crippen LogP contribution in [0.4, 0.5) is 5.69 Å². The fraction of sp³-hybridized carbons (Fsp3) is 0.462. The van der Waals surface area contributed by atoms with Crippen LogP contribution >= 0.6 is 0 Å². The summed E-state index contributed by atoms with van der Waals surface area (Å²) in [6.45, 7) is 5.46. The Morgan fingerprint density at radius 1 is 1.35 bits per heavy atom. The number of benzene rings is 1. The Kier molecular flexibility index (Phi) is 4.12. The smallest absolute Gasteiger partial charge is 0.337 e. The standard InChI is InChI=1S/C13H19NO3/c1-9(2)10-4-6-11(7-5-10)14-8-13(3,17)12(15)16/h4-7,9,14,17H,8H2,1-3H3,(H,15,16). The zero-order valence-corrected chi connectivity index (χ0v) is 10.4. The van der Waals surface area contributed by atoms with Crippen molar-refractivity contribution in [3.63, 3.8) is 0 Å². The van der Waals surface area contributed by atoms with Crippen LogP contribution in [0.3, 0.4) is 0 Å². The lowest BCUT2D eigenvalue weighted by atomic mass is 10.0. The highest BCUT2D eigenvalue weighted by Crippen LogP contribution is 2.17. The Balaban J connectivity index is 2.62. The first-order valence-electron chi connectivity index (χ1n) is 5.62. The monoisotopic (exact) mass is 237 g/mol. The number of aliphatic hydroxyl groups is 1. The van der Waals surface area contributed by atoms with Gasteiger partial charge in [0.1, 0.15) is 0 Å². The van der Waals surface area contributed by atoms with Crippen molar-refractivity contribution < 1.29 is 15.0 Å². The maximum Gasteiger partial charge on any atom is 0.337 e. The zero-order chi connectivity index (χ0) is 13.1. The largest absolute Gasteiger partial charge is 0.479 e. The average molecular weight is 237 g/mol. The Morgan fingerprint density at radius 2 is 1.88 bits per heavy atom. The fourth-order valence-electron chi connectivity index (χ4n) is 1.34. The molecule has 0 amide bonds. The first-order chi connectivity index (χ1) is 7.83. The van der Waals surface area contributed by atoms with E-state index in [2.05, 4.69) is 19.2 Å². The molecule has 1 rings (SSSR count). The predicted molar refractivity (Wildman–Crippen MR) is 67.3 cm³/mol. The lowest BCUT2D eigenvalue weighted by molar-refractivity contribution is -0.155. The van der Waals surface area contributed by atoms with E-state index in [4.69, 9.17) is 5.11 Å². The van der Waals surface area contributed by atoms with E-state index in [-0.39, 0.29) is 6.54 Å². The van der Waals surface area contributed by atoms with Crippen molar-refractivity contribution in [2.75, 3.05) is 11.9 Å². The van der Waals surface area contributed by atoms with Gasteiger partial charge in [-0.2, -0.15) is 0 Å². The molecular formula is C13H19NO3. The van der Waals surface area contributed by atoms with Gasteiger partial charge in [0, 0.05) is 5.69 Å². The summed E-state index contributed by atoms with van der Waals surface area (Å²) in [6.07, 6.45) is 0. The molecule has 0 fully saturated rings. The van der Waals surface area contributed by atoms with Gasteiger partial charge in [0.05, 0.1) is 6.54 Å². The molecule has 0 radical (unpaired) electrons. The number of carbonyl (C=O) groups is 1. The van der Waals surface area contributed by atoms with Crippen LogP contribution in [-0.4, -0.2) is 28.3 Å². The summed E-state index contributed by atoms with van der Waals surface area (Å²) < 4.78 is 0. The highest BCUT2D eigenvalue weighted by molar-refractivity contribution is 5.77. The second kappa shape index (κ2) is 5.19. The summed E-state index contributed by atoms with van der Waals surface area (Å²) >= 11 is 0. The minimum Gasteiger partial charge on any atom is -0.479 e. The van der Waals surface area contributed by atoms with Crippen LogP contribution in [0, 0.1) is 0 Å². The fourth-order valence-corrected chi connectivity index (χ4v) is 1.34. The molecule has 1 aromatic carbocycles. The van der Waals surface area contributed by atoms with Gasteiger partial charge in [-0.05, 0) is 30.5 Å². The van der Waals surface area contributed by atoms with Gasteiger partial charge in [-0.25, -0.2) is 4.79 Å². The van der Waals surface area contributed by atoms with Gasteiger partial charge in [0.15, 0.2) is 5.60 Å². The van der Waals surface area contributed by atoms with Gasteiger partial charge >= 0.3 is 5.97 Å². The van der Waals surface area contributed by atoms with Crippen molar-refractivity contribution >= 4 is 11.7 Å². The van der Waals surface area contributed by atoms with Crippen LogP contribution in [0.25, 0.3) is 0 Å². The Morgan fingerprint density at radius 3 is 2.29 bits per heavy atom. The SMILES string of the molecule is CC(C)c1ccc(NCC(C)(O)C(=O)O)cc1. The number of rotatable bonds is 5. The zero-order valence-electron chi connectivity index (χ0n) is 10.4. The topological polar surface area (TPSA) is 69.6 Å². The van der Waals surface area contributed by atoms with Gasteiger partial charge in [-0.1, -0.05) is 26.0 Å². The van der Waals surface area contributed by atoms with Gasteiger partial charge < -0.3 is 15.5 Å². The molecule has 3 N–H and O–H groups in total. The molecule has 4 heteroatoms. The van der Waals surface area contributed by atoms with E-state index >= 15 is 0 Å². The van der Waals surface area contributed by atoms with Crippen molar-refractivity contribution in [1.82, 2.24) is 0 Å². The molecule has 4 nitrogen and oxygen atoms in total. The van der Waals surface area contributed by atoms with E-state index in [1.165, 1.54) is 12.5 Å². The summed E-state index contributed by atoms with van der Waals surface area (Å²) in [5, 5.41) is 21.2. The third-order valence-corrected chi connectivity index (χ3v) is 2.67. The highest BCUT2D eigenvalue weighted by Gasteiger charge is 2.29. The molecule has 0 saturated heterocycles. The van der Waals surface area contributed by atoms with Gasteiger partial charge in [-0.15, -0.1) is 0 Å². The summed E-state index contributed by atoms with van der Waals surface area (Å²) in [5.74, 6) is -0.769. The van der Waals surface area contributed by atoms with Crippen LogP contribution in [0.1, 0.15) is 32.3 Å². The molecular weight excluding hydrogens is 218 g/mol. The van der Waals surface area contributed by atoms with E-state index in [0.717, 1.165) is 5.69 Å². The van der Waals surface area contributed by atoms with E-state index in [1.807, 2.05) is 24.3 Å². The minimum absolute atomic E-state index is 0.0244. The van der Waals surface area contributed by atoms with Crippen LogP contribution in [0.5, 0.6) is 0 Å². The molecule has 1 aromatic rings. The first kappa shape index (κ1) is 13.5. The second-order valence-electron chi connectivity index (χ2n) is 4.71. The van der Waals surface area contributed by atoms with Gasteiger partial charge in [0.2, 0.25) is 0 Å². The first-order valence-corrected chi connectivity index (χ1v) is 5.62. The van der Waals surface area contributed by atoms with Crippen LogP contribution < -0.4 is 5.32 Å². The average Bonchev–Trinajstić information content (AvgIpc) is 2.27. The summed E-state index contributed by atoms with van der Waals surface area (Å²) in [6, 6.07) is 7.74. The quantitative estimate of drug-likeness (QED) is 0.733. The molecule has 17 heavy (non-hydrogen) atoms. The van der Waals surface area contributed by atoms with E-state index in [9.17, 15) is 9.90 Å². The second-order valence-corrected chi connectivity index (χ2v) is 4.71. The predicted octanol–water partition coefficient (Wildman–Crippen LogP) is 2.06. The Labute approximate surface area is 101 Å². The van der Waals surface area contributed by atoms with Crippen LogP contribution in [0.2, 0.25) is 0 Å². The van der Waals surface area contributed by atoms with Crippen molar-refractivity contribution in [2.45, 2.75) is 32.3 Å². The number of nitrogens with one attached hydrogen (secondary N) is 1. The third kappa shape index (κ3) is 3.75.